The molecule has 258 valence electrons. The maximum absolute atomic E-state index is 12.7. The third-order valence-electron chi connectivity index (χ3n) is 15.7. The molecule has 14 saturated carbocycles. The number of amides is 1. The number of hydrogen-bond donors (Lipinski definition) is 2. The quantitative estimate of drug-likeness (QED) is 0.245. The zero-order valence-electron chi connectivity index (χ0n) is 26.0. The molecule has 1 amide bonds. The van der Waals surface area contributed by atoms with Crippen LogP contribution in [0.15, 0.2) is 0 Å². The Bertz CT molecular complexity index is 1160. The fourth-order valence-electron chi connectivity index (χ4n) is 15.1. The zero-order valence-corrected chi connectivity index (χ0v) is 26.7. The Morgan fingerprint density at radius 2 is 0.870 bits per heavy atom. The lowest BCUT2D eigenvalue weighted by molar-refractivity contribution is -0.295. The second kappa shape index (κ2) is 9.71. The fourth-order valence-corrected chi connectivity index (χ4v) is 15.2. The van der Waals surface area contributed by atoms with Crippen molar-refractivity contribution in [1.82, 2.24) is 5.32 Å². The number of carbonyl (C=O) groups is 1. The Hall–Kier alpha value is -0.780. The Morgan fingerprint density at radius 1 is 0.587 bits per heavy atom. The highest BCUT2D eigenvalue weighted by Crippen LogP contribution is 2.74. The van der Waals surface area contributed by atoms with Crippen molar-refractivity contribution in [3.05, 3.63) is 0 Å². The van der Waals surface area contributed by atoms with Crippen LogP contribution in [0.3, 0.4) is 0 Å². The summed E-state index contributed by atoms with van der Waals surface area (Å²) in [6.45, 7) is -2.19. The molecule has 14 rings (SSSR count). The second-order valence-corrected chi connectivity index (χ2v) is 18.2. The summed E-state index contributed by atoms with van der Waals surface area (Å²) >= 11 is 5.69. The zero-order chi connectivity index (χ0) is 32.2. The monoisotopic (exact) mass is 678 g/mol. The minimum absolute atomic E-state index is 0.00751. The van der Waals surface area contributed by atoms with Crippen LogP contribution in [0, 0.1) is 71.0 Å². The third kappa shape index (κ3) is 4.69. The molecule has 5 nitrogen and oxygen atoms in total. The number of carbonyl (C=O) groups excluding carboxylic acids is 1. The molecular formula is C34H45ClF6N2O3. The Balaban J connectivity index is 0.000000129. The average molecular weight is 679 g/mol. The van der Waals surface area contributed by atoms with Crippen LogP contribution in [0.4, 0.5) is 26.3 Å². The summed E-state index contributed by atoms with van der Waals surface area (Å²) in [5, 5.41) is 3.21. The van der Waals surface area contributed by atoms with Gasteiger partial charge in [-0.2, -0.15) is 26.3 Å². The van der Waals surface area contributed by atoms with Gasteiger partial charge in [0.15, 0.2) is 0 Å². The highest BCUT2D eigenvalue weighted by molar-refractivity contribution is 6.27. The highest BCUT2D eigenvalue weighted by Gasteiger charge is 2.72. The largest absolute Gasteiger partial charge is 0.411 e. The van der Waals surface area contributed by atoms with E-state index < -0.39 is 36.8 Å². The van der Waals surface area contributed by atoms with Crippen molar-refractivity contribution in [2.45, 2.75) is 112 Å². The van der Waals surface area contributed by atoms with Gasteiger partial charge >= 0.3 is 12.4 Å². The van der Waals surface area contributed by atoms with E-state index in [1.165, 1.54) is 0 Å². The van der Waals surface area contributed by atoms with Gasteiger partial charge in [0, 0.05) is 11.1 Å². The van der Waals surface area contributed by atoms with Crippen LogP contribution < -0.4 is 11.1 Å². The van der Waals surface area contributed by atoms with Gasteiger partial charge in [0.25, 0.3) is 0 Å². The molecule has 0 unspecified atom stereocenters. The molecule has 0 spiro atoms. The van der Waals surface area contributed by atoms with E-state index in [2.05, 4.69) is 5.32 Å². The standard InChI is InChI=1S/C18H23ClF3NO2.C16H22F3NO/c19-7-15(24)23-16-1-9-12-4-17(25-8-18(20,21)22)5-13(9)11(3-16)14(6-17)10(12)2-16;17-16(18,19)7-21-15-4-11-8-1-14(20)2-9(11)13(6-15)10(3-14)12(8)5-15/h9-14H,1-8H2,(H,23,24);8-13H,1-7,20H2. The van der Waals surface area contributed by atoms with E-state index in [0.29, 0.717) is 71.0 Å². The molecule has 0 aromatic rings. The predicted octanol–water partition coefficient (Wildman–Crippen LogP) is 6.61. The number of alkyl halides is 7. The number of hydrogen-bond acceptors (Lipinski definition) is 4. The van der Waals surface area contributed by atoms with Gasteiger partial charge in [0.2, 0.25) is 5.91 Å². The highest BCUT2D eigenvalue weighted by atomic mass is 35.5. The van der Waals surface area contributed by atoms with E-state index in [1.807, 2.05) is 0 Å². The average Bonchev–Trinajstić information content (AvgIpc) is 2.98. The van der Waals surface area contributed by atoms with Crippen LogP contribution in [0.5, 0.6) is 0 Å². The van der Waals surface area contributed by atoms with Gasteiger partial charge in [-0.25, -0.2) is 0 Å². The van der Waals surface area contributed by atoms with E-state index in [9.17, 15) is 31.1 Å². The van der Waals surface area contributed by atoms with Crippen LogP contribution in [0.25, 0.3) is 0 Å². The van der Waals surface area contributed by atoms with E-state index in [-0.39, 0.29) is 22.9 Å². The molecule has 0 saturated heterocycles. The maximum Gasteiger partial charge on any atom is 0.411 e. The SMILES string of the molecule is NC12CC3C4CC5(OCC(F)(F)F)CC3C(C1)C(C5)C4C2.O=C(CCl)NC12CC3C4CC5(OCC(F)(F)F)CC3C(C1)C(C5)C4C2. The van der Waals surface area contributed by atoms with Crippen LogP contribution in [-0.2, 0) is 14.3 Å². The molecule has 46 heavy (non-hydrogen) atoms. The molecule has 12 heteroatoms. The molecule has 3 N–H and O–H groups in total. The lowest BCUT2D eigenvalue weighted by Crippen LogP contribution is -2.74. The number of ether oxygens (including phenoxy) is 2. The summed E-state index contributed by atoms with van der Waals surface area (Å²) in [7, 11) is 0. The molecule has 14 fully saturated rings. The van der Waals surface area contributed by atoms with Crippen molar-refractivity contribution < 1.29 is 40.6 Å². The van der Waals surface area contributed by atoms with E-state index >= 15 is 0 Å². The summed E-state index contributed by atoms with van der Waals surface area (Å²) in [5.74, 6) is 6.71. The van der Waals surface area contributed by atoms with E-state index in [4.69, 9.17) is 26.8 Å². The lowest BCUT2D eigenvalue weighted by atomic mass is 9.33. The summed E-state index contributed by atoms with van der Waals surface area (Å²) < 4.78 is 86.8. The minimum atomic E-state index is -4.25. The normalized spacial score (nSPS) is 55.7. The molecule has 0 aromatic carbocycles. The van der Waals surface area contributed by atoms with Crippen LogP contribution >= 0.6 is 11.6 Å². The van der Waals surface area contributed by atoms with E-state index in [0.717, 1.165) is 77.0 Å². The summed E-state index contributed by atoms with van der Waals surface area (Å²) in [6.07, 6.45) is 2.68. The van der Waals surface area contributed by atoms with E-state index in [1.54, 1.807) is 0 Å². The second-order valence-electron chi connectivity index (χ2n) is 17.9. The van der Waals surface area contributed by atoms with Crippen molar-refractivity contribution in [1.29, 1.82) is 0 Å². The number of nitrogens with two attached hydrogens (primary N) is 1. The first-order valence-electron chi connectivity index (χ1n) is 17.6. The van der Waals surface area contributed by atoms with Crippen LogP contribution in [0.2, 0.25) is 0 Å². The first-order valence-corrected chi connectivity index (χ1v) is 18.1. The van der Waals surface area contributed by atoms with Gasteiger partial charge in [-0.3, -0.25) is 4.79 Å². The van der Waals surface area contributed by atoms with Crippen molar-refractivity contribution >= 4 is 17.5 Å². The number of rotatable bonds is 6. The van der Waals surface area contributed by atoms with Crippen molar-refractivity contribution in [3.8, 4) is 0 Å². The van der Waals surface area contributed by atoms with Gasteiger partial charge in [-0.1, -0.05) is 0 Å². The summed E-state index contributed by atoms with van der Waals surface area (Å²) in [6, 6.07) is 0. The Kier molecular flexibility index (Phi) is 6.59. The number of nitrogens with one attached hydrogen (secondary N) is 1. The molecule has 0 aromatic heterocycles. The molecule has 0 atom stereocenters. The molecule has 0 radical (unpaired) electrons. The van der Waals surface area contributed by atoms with Crippen LogP contribution in [-0.4, -0.2) is 59.6 Å². The summed E-state index contributed by atoms with van der Waals surface area (Å²) in [4.78, 5) is 11.9. The van der Waals surface area contributed by atoms with Crippen LogP contribution in [0.1, 0.15) is 77.0 Å². The Labute approximate surface area is 270 Å². The number of halogens is 7. The van der Waals surface area contributed by atoms with Gasteiger partial charge in [0.1, 0.15) is 19.1 Å². The van der Waals surface area contributed by atoms with Crippen molar-refractivity contribution in [3.63, 3.8) is 0 Å². The fraction of sp³-hybridized carbons (Fsp3) is 0.971. The molecule has 14 aliphatic carbocycles. The van der Waals surface area contributed by atoms with Crippen molar-refractivity contribution in [2.24, 2.45) is 76.7 Å². The molecular weight excluding hydrogens is 634 g/mol. The molecule has 14 aliphatic rings. The maximum atomic E-state index is 12.7. The Morgan fingerprint density at radius 3 is 1.15 bits per heavy atom. The third-order valence-corrected chi connectivity index (χ3v) is 15.9. The van der Waals surface area contributed by atoms with Gasteiger partial charge in [0.05, 0.1) is 11.2 Å². The smallest absolute Gasteiger partial charge is 0.366 e. The van der Waals surface area contributed by atoms with Gasteiger partial charge in [-0.05, 0) is 148 Å². The molecule has 0 aliphatic heterocycles. The lowest BCUT2D eigenvalue weighted by Gasteiger charge is -2.74. The molecule has 0 heterocycles. The van der Waals surface area contributed by atoms with Gasteiger partial charge in [-0.15, -0.1) is 11.6 Å². The summed E-state index contributed by atoms with van der Waals surface area (Å²) in [5.41, 5.74) is 5.50. The first-order chi connectivity index (χ1) is 21.5. The van der Waals surface area contributed by atoms with Crippen molar-refractivity contribution in [2.75, 3.05) is 19.1 Å². The minimum Gasteiger partial charge on any atom is -0.366 e. The molecule has 16 bridgehead atoms. The van der Waals surface area contributed by atoms with Gasteiger partial charge < -0.3 is 20.5 Å². The topological polar surface area (TPSA) is 73.6 Å². The predicted molar refractivity (Wildman–Crippen MR) is 155 cm³/mol. The first kappa shape index (κ1) is 31.2.